The zero-order valence-corrected chi connectivity index (χ0v) is 15.2. The first-order valence-corrected chi connectivity index (χ1v) is 10.4. The lowest BCUT2D eigenvalue weighted by atomic mass is 9.89. The molecule has 4 aliphatic rings. The van der Waals surface area contributed by atoms with Crippen LogP contribution in [0.5, 0.6) is 0 Å². The predicted molar refractivity (Wildman–Crippen MR) is 92.3 cm³/mol. The van der Waals surface area contributed by atoms with Crippen LogP contribution in [0.25, 0.3) is 0 Å². The van der Waals surface area contributed by atoms with E-state index >= 15 is 0 Å². The minimum Gasteiger partial charge on any atom is -0.465 e. The second-order valence-corrected chi connectivity index (χ2v) is 8.21. The molecule has 142 valence electrons. The molecule has 6 unspecified atom stereocenters. The molecule has 6 atom stereocenters. The normalized spacial score (nSPS) is 38.1. The van der Waals surface area contributed by atoms with Gasteiger partial charge in [-0.1, -0.05) is 19.3 Å². The van der Waals surface area contributed by atoms with Crippen molar-refractivity contribution in [2.24, 2.45) is 11.8 Å². The van der Waals surface area contributed by atoms with E-state index < -0.39 is 0 Å². The third-order valence-electron chi connectivity index (χ3n) is 6.26. The van der Waals surface area contributed by atoms with Crippen molar-refractivity contribution >= 4 is 5.97 Å². The quantitative estimate of drug-likeness (QED) is 0.324. The number of esters is 1. The van der Waals surface area contributed by atoms with Gasteiger partial charge in [0.2, 0.25) is 0 Å². The van der Waals surface area contributed by atoms with Gasteiger partial charge >= 0.3 is 5.97 Å². The molecule has 0 aromatic rings. The van der Waals surface area contributed by atoms with Crippen LogP contribution in [0.15, 0.2) is 0 Å². The Morgan fingerprint density at radius 2 is 1.64 bits per heavy atom. The highest BCUT2D eigenvalue weighted by Crippen LogP contribution is 2.43. The minimum atomic E-state index is -0.00357. The standard InChI is InChI=1S/C20H32O5/c21-20(14-6-8-16-18(12-14)24-16)23-11-5-3-1-2-4-10-22-13-15-7-9-17-19(15)25-17/h14-19H,1-13H2. The first kappa shape index (κ1) is 17.7. The lowest BCUT2D eigenvalue weighted by molar-refractivity contribution is -0.149. The largest absolute Gasteiger partial charge is 0.465 e. The number of ether oxygens (including phenoxy) is 4. The first-order valence-electron chi connectivity index (χ1n) is 10.4. The lowest BCUT2D eigenvalue weighted by Crippen LogP contribution is -2.24. The molecule has 2 heterocycles. The van der Waals surface area contributed by atoms with Gasteiger partial charge in [0.25, 0.3) is 0 Å². The topological polar surface area (TPSA) is 60.6 Å². The van der Waals surface area contributed by atoms with Gasteiger partial charge in [-0.05, 0) is 44.9 Å². The van der Waals surface area contributed by atoms with Crippen molar-refractivity contribution in [3.63, 3.8) is 0 Å². The number of fused-ring (bicyclic) bond motifs is 2. The molecule has 2 saturated carbocycles. The van der Waals surface area contributed by atoms with E-state index in [2.05, 4.69) is 0 Å². The zero-order chi connectivity index (χ0) is 17.1. The summed E-state index contributed by atoms with van der Waals surface area (Å²) in [4.78, 5) is 12.0. The van der Waals surface area contributed by atoms with Crippen LogP contribution in [-0.2, 0) is 23.7 Å². The summed E-state index contributed by atoms with van der Waals surface area (Å²) in [7, 11) is 0. The summed E-state index contributed by atoms with van der Waals surface area (Å²) in [6, 6.07) is 0. The molecule has 0 aromatic carbocycles. The van der Waals surface area contributed by atoms with Crippen LogP contribution < -0.4 is 0 Å². The summed E-state index contributed by atoms with van der Waals surface area (Å²) in [5, 5.41) is 0. The van der Waals surface area contributed by atoms with Gasteiger partial charge in [0, 0.05) is 12.5 Å². The predicted octanol–water partition coefficient (Wildman–Crippen LogP) is 3.24. The molecule has 0 bridgehead atoms. The minimum absolute atomic E-state index is 0.00357. The summed E-state index contributed by atoms with van der Waals surface area (Å²) in [6.07, 6.45) is 12.9. The van der Waals surface area contributed by atoms with Crippen LogP contribution >= 0.6 is 0 Å². The number of hydrogen-bond donors (Lipinski definition) is 0. The van der Waals surface area contributed by atoms with E-state index in [0.29, 0.717) is 36.9 Å². The highest BCUT2D eigenvalue weighted by Gasteiger charge is 2.50. The van der Waals surface area contributed by atoms with Crippen molar-refractivity contribution in [3.05, 3.63) is 0 Å². The Bertz CT molecular complexity index is 453. The molecule has 0 N–H and O–H groups in total. The molecule has 25 heavy (non-hydrogen) atoms. The van der Waals surface area contributed by atoms with Crippen molar-refractivity contribution < 1.29 is 23.7 Å². The summed E-state index contributed by atoms with van der Waals surface area (Å²) in [6.45, 7) is 2.32. The van der Waals surface area contributed by atoms with Crippen molar-refractivity contribution in [3.8, 4) is 0 Å². The Hall–Kier alpha value is -0.650. The molecule has 2 aliphatic heterocycles. The fourth-order valence-corrected chi connectivity index (χ4v) is 4.50. The summed E-state index contributed by atoms with van der Waals surface area (Å²) >= 11 is 0. The van der Waals surface area contributed by atoms with Gasteiger partial charge in [0.05, 0.1) is 43.5 Å². The second-order valence-electron chi connectivity index (χ2n) is 8.21. The number of epoxide rings is 2. The van der Waals surface area contributed by atoms with E-state index in [4.69, 9.17) is 18.9 Å². The van der Waals surface area contributed by atoms with Crippen LogP contribution in [0.1, 0.15) is 64.2 Å². The number of unbranched alkanes of at least 4 members (excludes halogenated alkanes) is 4. The molecule has 4 rings (SSSR count). The van der Waals surface area contributed by atoms with E-state index in [1.54, 1.807) is 0 Å². The Kier molecular flexibility index (Phi) is 5.94. The molecule has 0 spiro atoms. The monoisotopic (exact) mass is 352 g/mol. The molecular formula is C20H32O5. The molecule has 5 nitrogen and oxygen atoms in total. The second kappa shape index (κ2) is 8.36. The average molecular weight is 352 g/mol. The van der Waals surface area contributed by atoms with E-state index in [-0.39, 0.29) is 11.9 Å². The fourth-order valence-electron chi connectivity index (χ4n) is 4.50. The summed E-state index contributed by atoms with van der Waals surface area (Å²) in [5.74, 6) is 0.731. The van der Waals surface area contributed by atoms with Gasteiger partial charge < -0.3 is 18.9 Å². The number of hydrogen-bond acceptors (Lipinski definition) is 5. The number of carbonyl (C=O) groups excluding carboxylic acids is 1. The van der Waals surface area contributed by atoms with Gasteiger partial charge in [-0.25, -0.2) is 0 Å². The van der Waals surface area contributed by atoms with E-state index in [1.807, 2.05) is 0 Å². The smallest absolute Gasteiger partial charge is 0.309 e. The van der Waals surface area contributed by atoms with Crippen LogP contribution in [0, 0.1) is 11.8 Å². The summed E-state index contributed by atoms with van der Waals surface area (Å²) in [5.41, 5.74) is 0. The van der Waals surface area contributed by atoms with Crippen LogP contribution in [-0.4, -0.2) is 50.2 Å². The van der Waals surface area contributed by atoms with Crippen LogP contribution in [0.4, 0.5) is 0 Å². The maximum absolute atomic E-state index is 12.0. The molecule has 0 aromatic heterocycles. The van der Waals surface area contributed by atoms with Crippen molar-refractivity contribution in [2.45, 2.75) is 88.6 Å². The van der Waals surface area contributed by atoms with Gasteiger partial charge in [-0.2, -0.15) is 0 Å². The van der Waals surface area contributed by atoms with E-state index in [1.165, 1.54) is 25.7 Å². The van der Waals surface area contributed by atoms with E-state index in [9.17, 15) is 4.79 Å². The first-order chi connectivity index (χ1) is 12.3. The number of rotatable bonds is 11. The van der Waals surface area contributed by atoms with Gasteiger partial charge in [0.1, 0.15) is 0 Å². The van der Waals surface area contributed by atoms with Gasteiger partial charge in [0.15, 0.2) is 0 Å². The van der Waals surface area contributed by atoms with E-state index in [0.717, 1.165) is 51.7 Å². The Morgan fingerprint density at radius 3 is 2.40 bits per heavy atom. The molecule has 0 radical (unpaired) electrons. The van der Waals surface area contributed by atoms with Crippen LogP contribution in [0.2, 0.25) is 0 Å². The molecule has 5 heteroatoms. The molecule has 4 fully saturated rings. The molecular weight excluding hydrogens is 320 g/mol. The van der Waals surface area contributed by atoms with Gasteiger partial charge in [-0.3, -0.25) is 4.79 Å². The average Bonchev–Trinajstić information content (AvgIpc) is 3.53. The maximum Gasteiger partial charge on any atom is 0.309 e. The van der Waals surface area contributed by atoms with Crippen LogP contribution in [0.3, 0.4) is 0 Å². The zero-order valence-electron chi connectivity index (χ0n) is 15.2. The Labute approximate surface area is 150 Å². The Morgan fingerprint density at radius 1 is 0.840 bits per heavy atom. The van der Waals surface area contributed by atoms with Crippen molar-refractivity contribution in [2.75, 3.05) is 19.8 Å². The Balaban J connectivity index is 0.927. The third-order valence-corrected chi connectivity index (χ3v) is 6.26. The molecule has 0 amide bonds. The highest BCUT2D eigenvalue weighted by atomic mass is 16.6. The maximum atomic E-state index is 12.0. The molecule has 2 saturated heterocycles. The fraction of sp³-hybridized carbons (Fsp3) is 0.950. The third kappa shape index (κ3) is 4.95. The molecule has 2 aliphatic carbocycles. The lowest BCUT2D eigenvalue weighted by Gasteiger charge is -2.17. The highest BCUT2D eigenvalue weighted by molar-refractivity contribution is 5.72. The number of carbonyl (C=O) groups is 1. The SMILES string of the molecule is O=C(OCCCCCCCOCC1CCC2OC12)C1CCC2OC2C1. The summed E-state index contributed by atoms with van der Waals surface area (Å²) < 4.78 is 22.2. The van der Waals surface area contributed by atoms with Crippen molar-refractivity contribution in [1.82, 2.24) is 0 Å². The van der Waals surface area contributed by atoms with Crippen molar-refractivity contribution in [1.29, 1.82) is 0 Å². The van der Waals surface area contributed by atoms with Gasteiger partial charge in [-0.15, -0.1) is 0 Å².